The van der Waals surface area contributed by atoms with Crippen LogP contribution >= 0.6 is 11.8 Å². The molecule has 8 nitrogen and oxygen atoms in total. The van der Waals surface area contributed by atoms with Crippen molar-refractivity contribution in [2.45, 2.75) is 37.2 Å². The van der Waals surface area contributed by atoms with Crippen molar-refractivity contribution in [2.24, 2.45) is 0 Å². The first kappa shape index (κ1) is 24.0. The van der Waals surface area contributed by atoms with Crippen LogP contribution in [0.3, 0.4) is 0 Å². The number of ether oxygens (including phenoxy) is 1. The number of methoxy groups -OCH3 is 1. The Labute approximate surface area is 203 Å². The Morgan fingerprint density at radius 2 is 1.91 bits per heavy atom. The smallest absolute Gasteiger partial charge is 0.224 e. The molecule has 2 heterocycles. The van der Waals surface area contributed by atoms with Crippen molar-refractivity contribution in [2.75, 3.05) is 32.1 Å². The van der Waals surface area contributed by atoms with Crippen molar-refractivity contribution >= 4 is 45.3 Å². The highest BCUT2D eigenvalue weighted by Crippen LogP contribution is 2.26. The number of aromatic nitrogens is 4. The van der Waals surface area contributed by atoms with Gasteiger partial charge in [-0.3, -0.25) is 4.79 Å². The Morgan fingerprint density at radius 1 is 1.09 bits per heavy atom. The average Bonchev–Trinajstić information content (AvgIpc) is 3.22. The molecule has 1 amide bonds. The molecule has 2 N–H and O–H groups in total. The summed E-state index contributed by atoms with van der Waals surface area (Å²) < 4.78 is 6.97. The van der Waals surface area contributed by atoms with Crippen LogP contribution in [-0.4, -0.2) is 57.7 Å². The maximum absolute atomic E-state index is 12.6. The van der Waals surface area contributed by atoms with Crippen LogP contribution < -0.4 is 10.6 Å². The van der Waals surface area contributed by atoms with Crippen molar-refractivity contribution in [1.29, 1.82) is 0 Å². The van der Waals surface area contributed by atoms with Crippen LogP contribution in [-0.2, 0) is 22.5 Å². The fraction of sp³-hybridized carbons (Fsp3) is 0.360. The average molecular weight is 479 g/mol. The zero-order valence-corrected chi connectivity index (χ0v) is 20.6. The van der Waals surface area contributed by atoms with E-state index in [0.29, 0.717) is 43.1 Å². The Balaban J connectivity index is 1.44. The molecule has 0 unspecified atom stereocenters. The van der Waals surface area contributed by atoms with E-state index in [-0.39, 0.29) is 5.91 Å². The van der Waals surface area contributed by atoms with Crippen LogP contribution in [0.1, 0.15) is 19.4 Å². The van der Waals surface area contributed by atoms with Crippen LogP contribution in [0.25, 0.3) is 21.8 Å². The van der Waals surface area contributed by atoms with E-state index in [1.165, 1.54) is 0 Å². The topological polar surface area (TPSA) is 94.0 Å². The van der Waals surface area contributed by atoms with Crippen molar-refractivity contribution in [3.63, 3.8) is 0 Å². The van der Waals surface area contributed by atoms with E-state index < -0.39 is 0 Å². The molecule has 4 aromatic rings. The maximum Gasteiger partial charge on any atom is 0.224 e. The molecule has 0 spiro atoms. The minimum Gasteiger partial charge on any atom is -0.383 e. The van der Waals surface area contributed by atoms with Gasteiger partial charge in [0.15, 0.2) is 10.8 Å². The fourth-order valence-corrected chi connectivity index (χ4v) is 4.46. The molecule has 9 heteroatoms. The quantitative estimate of drug-likeness (QED) is 0.192. The maximum atomic E-state index is 12.6. The van der Waals surface area contributed by atoms with Gasteiger partial charge in [0.05, 0.1) is 31.2 Å². The lowest BCUT2D eigenvalue weighted by Crippen LogP contribution is -2.29. The van der Waals surface area contributed by atoms with Gasteiger partial charge in [0, 0.05) is 25.4 Å². The third-order valence-electron chi connectivity index (χ3n) is 5.29. The Morgan fingerprint density at radius 3 is 2.74 bits per heavy atom. The number of hydrogen-bond acceptors (Lipinski definition) is 7. The molecule has 0 bridgehead atoms. The monoisotopic (exact) mass is 478 g/mol. The minimum absolute atomic E-state index is 0.0135. The molecule has 0 aliphatic rings. The molecule has 178 valence electrons. The highest BCUT2D eigenvalue weighted by molar-refractivity contribution is 7.99. The summed E-state index contributed by atoms with van der Waals surface area (Å²) in [6.45, 7) is 6.42. The number of carbonyl (C=O) groups is 1. The van der Waals surface area contributed by atoms with E-state index in [1.807, 2.05) is 28.9 Å². The summed E-state index contributed by atoms with van der Waals surface area (Å²) in [5, 5.41) is 15.0. The molecule has 0 aliphatic carbocycles. The summed E-state index contributed by atoms with van der Waals surface area (Å²) in [6, 6.07) is 14.2. The number of benzene rings is 2. The van der Waals surface area contributed by atoms with Crippen molar-refractivity contribution < 1.29 is 9.53 Å². The number of fused-ring (bicyclic) bond motifs is 2. The second-order valence-electron chi connectivity index (χ2n) is 8.21. The molecule has 2 aromatic heterocycles. The molecular weight excluding hydrogens is 448 g/mol. The van der Waals surface area contributed by atoms with Gasteiger partial charge in [0.2, 0.25) is 5.91 Å². The van der Waals surface area contributed by atoms with E-state index in [0.717, 1.165) is 33.2 Å². The minimum atomic E-state index is -0.0135. The molecule has 0 saturated heterocycles. The van der Waals surface area contributed by atoms with E-state index in [9.17, 15) is 4.79 Å². The molecule has 2 aromatic carbocycles. The van der Waals surface area contributed by atoms with Gasteiger partial charge in [-0.1, -0.05) is 68.1 Å². The predicted molar refractivity (Wildman–Crippen MR) is 137 cm³/mol. The van der Waals surface area contributed by atoms with Gasteiger partial charge in [-0.05, 0) is 16.3 Å². The number of amides is 1. The fourth-order valence-electron chi connectivity index (χ4n) is 3.75. The third-order valence-corrected chi connectivity index (χ3v) is 6.16. The Kier molecular flexibility index (Phi) is 7.97. The van der Waals surface area contributed by atoms with Crippen LogP contribution in [0.5, 0.6) is 0 Å². The number of carbonyl (C=O) groups excluding carboxylic acids is 1. The Hall–Kier alpha value is -3.17. The van der Waals surface area contributed by atoms with Crippen molar-refractivity contribution in [3.05, 3.63) is 54.2 Å². The van der Waals surface area contributed by atoms with Gasteiger partial charge in [-0.15, -0.1) is 0 Å². The number of hydrogen-bond donors (Lipinski definition) is 2. The summed E-state index contributed by atoms with van der Waals surface area (Å²) in [5.41, 5.74) is 1.77. The molecule has 0 radical (unpaired) electrons. The number of thioether (sulfide) groups is 1. The first-order valence-corrected chi connectivity index (χ1v) is 12.3. The standard InChI is InChI=1S/C25H30N6O2S/c1-17(2)34-25-29-23(27-12-14-33-3)21-16-28-31(24(21)30-25)13-11-26-22(32)15-19-9-6-8-18-7-4-5-10-20(18)19/h4-10,16-17H,11-15H2,1-3H3,(H,26,32)(H,27,29,30). The normalized spacial score (nSPS) is 11.4. The molecule has 0 atom stereocenters. The Bertz CT molecular complexity index is 1270. The SMILES string of the molecule is COCCNc1nc(SC(C)C)nc2c1cnn2CCNC(=O)Cc1cccc2ccccc12. The zero-order chi connectivity index (χ0) is 23.9. The number of nitrogens with zero attached hydrogens (tertiary/aromatic N) is 4. The number of rotatable bonds is 11. The van der Waals surface area contributed by atoms with E-state index in [1.54, 1.807) is 25.1 Å². The second kappa shape index (κ2) is 11.3. The largest absolute Gasteiger partial charge is 0.383 e. The summed E-state index contributed by atoms with van der Waals surface area (Å²) in [4.78, 5) is 22.0. The zero-order valence-electron chi connectivity index (χ0n) is 19.7. The number of anilines is 1. The van der Waals surface area contributed by atoms with Crippen molar-refractivity contribution in [3.8, 4) is 0 Å². The molecule has 0 saturated carbocycles. The lowest BCUT2D eigenvalue weighted by molar-refractivity contribution is -0.120. The first-order chi connectivity index (χ1) is 16.5. The predicted octanol–water partition coefficient (Wildman–Crippen LogP) is 3.90. The highest BCUT2D eigenvalue weighted by Gasteiger charge is 2.14. The number of nitrogens with one attached hydrogen (secondary N) is 2. The van der Waals surface area contributed by atoms with E-state index in [4.69, 9.17) is 9.72 Å². The lowest BCUT2D eigenvalue weighted by Gasteiger charge is -2.11. The molecule has 0 aliphatic heterocycles. The molecule has 4 rings (SSSR count). The third kappa shape index (κ3) is 5.84. The first-order valence-electron chi connectivity index (χ1n) is 11.4. The second-order valence-corrected chi connectivity index (χ2v) is 9.75. The van der Waals surface area contributed by atoms with Gasteiger partial charge >= 0.3 is 0 Å². The van der Waals surface area contributed by atoms with Crippen LogP contribution in [0, 0.1) is 0 Å². The highest BCUT2D eigenvalue weighted by atomic mass is 32.2. The van der Waals surface area contributed by atoms with Crippen molar-refractivity contribution in [1.82, 2.24) is 25.1 Å². The van der Waals surface area contributed by atoms with Gasteiger partial charge in [0.1, 0.15) is 5.82 Å². The van der Waals surface area contributed by atoms with E-state index in [2.05, 4.69) is 52.8 Å². The summed E-state index contributed by atoms with van der Waals surface area (Å²) in [7, 11) is 1.67. The molecule has 34 heavy (non-hydrogen) atoms. The van der Waals surface area contributed by atoms with E-state index >= 15 is 0 Å². The van der Waals surface area contributed by atoms with Crippen LogP contribution in [0.2, 0.25) is 0 Å². The van der Waals surface area contributed by atoms with Crippen LogP contribution in [0.15, 0.2) is 53.8 Å². The molecule has 0 fully saturated rings. The summed E-state index contributed by atoms with van der Waals surface area (Å²) in [6.07, 6.45) is 2.11. The molecular formula is C25H30N6O2S. The summed E-state index contributed by atoms with van der Waals surface area (Å²) in [5.74, 6) is 0.733. The van der Waals surface area contributed by atoms with Gasteiger partial charge in [-0.2, -0.15) is 5.10 Å². The summed E-state index contributed by atoms with van der Waals surface area (Å²) >= 11 is 1.61. The van der Waals surface area contributed by atoms with Gasteiger partial charge in [0.25, 0.3) is 0 Å². The van der Waals surface area contributed by atoms with Gasteiger partial charge < -0.3 is 15.4 Å². The van der Waals surface area contributed by atoms with Crippen LogP contribution in [0.4, 0.5) is 5.82 Å². The lowest BCUT2D eigenvalue weighted by atomic mass is 10.0. The van der Waals surface area contributed by atoms with Gasteiger partial charge in [-0.25, -0.2) is 14.6 Å².